The molecule has 1 aliphatic rings. The fourth-order valence-corrected chi connectivity index (χ4v) is 2.47. The molecule has 1 N–H and O–H groups in total. The molecule has 2 rings (SSSR count). The summed E-state index contributed by atoms with van der Waals surface area (Å²) in [7, 11) is 0. The van der Waals surface area contributed by atoms with Crippen molar-refractivity contribution in [1.29, 1.82) is 0 Å². The Kier molecular flexibility index (Phi) is 4.61. The van der Waals surface area contributed by atoms with Gasteiger partial charge < -0.3 is 10.0 Å². The highest BCUT2D eigenvalue weighted by atomic mass is 35.5. The van der Waals surface area contributed by atoms with Crippen molar-refractivity contribution in [2.75, 3.05) is 13.1 Å². The van der Waals surface area contributed by atoms with Crippen LogP contribution in [0.4, 0.5) is 0 Å². The van der Waals surface area contributed by atoms with Gasteiger partial charge in [0, 0.05) is 23.7 Å². The highest BCUT2D eigenvalue weighted by Gasteiger charge is 2.22. The molecule has 1 amide bonds. The van der Waals surface area contributed by atoms with Crippen LogP contribution in [-0.2, 0) is 4.79 Å². The number of β-amino-alcohol motifs (C(OH)–C–C–N with tert-alkyl or cyclic N) is 1. The number of carbonyl (C=O) groups is 1. The van der Waals surface area contributed by atoms with Crippen LogP contribution in [0.5, 0.6) is 0 Å². The molecule has 3 nitrogen and oxygen atoms in total. The number of carbonyl (C=O) groups excluding carboxylic acids is 1. The minimum atomic E-state index is -0.397. The number of hydrogen-bond donors (Lipinski definition) is 1. The van der Waals surface area contributed by atoms with E-state index in [9.17, 15) is 9.90 Å². The Labute approximate surface area is 118 Å². The number of aliphatic hydroxyl groups is 1. The summed E-state index contributed by atoms with van der Waals surface area (Å²) in [6.07, 6.45) is 3.03. The van der Waals surface area contributed by atoms with Gasteiger partial charge >= 0.3 is 0 Å². The molecule has 102 valence electrons. The Hall–Kier alpha value is -1.32. The number of amides is 1. The molecule has 1 aromatic rings. The first-order chi connectivity index (χ1) is 9.08. The molecular formula is C15H18ClNO2. The van der Waals surface area contributed by atoms with Gasteiger partial charge in [-0.15, -0.1) is 0 Å². The van der Waals surface area contributed by atoms with E-state index < -0.39 is 6.10 Å². The normalized spacial score (nSPS) is 20.5. The second kappa shape index (κ2) is 6.22. The van der Waals surface area contributed by atoms with Crippen LogP contribution in [0.25, 0.3) is 6.08 Å². The molecule has 4 heteroatoms. The summed E-state index contributed by atoms with van der Waals surface area (Å²) in [6, 6.07) is 7.43. The SMILES string of the molecule is C/C(=C/c1ccccc1Cl)C(=O)N1CCCC(O)C1. The Morgan fingerprint density at radius 3 is 2.89 bits per heavy atom. The first-order valence-electron chi connectivity index (χ1n) is 6.48. The van der Waals surface area contributed by atoms with Crippen LogP contribution in [0.15, 0.2) is 29.8 Å². The van der Waals surface area contributed by atoms with Gasteiger partial charge in [0.2, 0.25) is 5.91 Å². The van der Waals surface area contributed by atoms with Gasteiger partial charge in [-0.3, -0.25) is 4.79 Å². The third-order valence-electron chi connectivity index (χ3n) is 3.30. The highest BCUT2D eigenvalue weighted by molar-refractivity contribution is 6.32. The molecule has 0 spiro atoms. The first kappa shape index (κ1) is 14.1. The summed E-state index contributed by atoms with van der Waals surface area (Å²) in [5, 5.41) is 10.2. The average Bonchev–Trinajstić information content (AvgIpc) is 2.40. The van der Waals surface area contributed by atoms with Gasteiger partial charge in [-0.25, -0.2) is 0 Å². The minimum Gasteiger partial charge on any atom is -0.391 e. The van der Waals surface area contributed by atoms with Crippen molar-refractivity contribution in [3.63, 3.8) is 0 Å². The zero-order valence-corrected chi connectivity index (χ0v) is 11.7. The molecular weight excluding hydrogens is 262 g/mol. The Morgan fingerprint density at radius 2 is 2.21 bits per heavy atom. The summed E-state index contributed by atoms with van der Waals surface area (Å²) < 4.78 is 0. The van der Waals surface area contributed by atoms with Crippen molar-refractivity contribution in [1.82, 2.24) is 4.90 Å². The summed E-state index contributed by atoms with van der Waals surface area (Å²) in [6.45, 7) is 2.92. The van der Waals surface area contributed by atoms with Crippen molar-refractivity contribution >= 4 is 23.6 Å². The molecule has 0 radical (unpaired) electrons. The number of aliphatic hydroxyl groups excluding tert-OH is 1. The van der Waals surface area contributed by atoms with Crippen molar-refractivity contribution in [3.05, 3.63) is 40.4 Å². The minimum absolute atomic E-state index is 0.0290. The molecule has 1 aromatic carbocycles. The molecule has 0 aromatic heterocycles. The summed E-state index contributed by atoms with van der Waals surface area (Å²) in [4.78, 5) is 14.0. The maximum Gasteiger partial charge on any atom is 0.249 e. The summed E-state index contributed by atoms with van der Waals surface area (Å²) >= 11 is 6.07. The van der Waals surface area contributed by atoms with Gasteiger partial charge in [0.25, 0.3) is 0 Å². The third-order valence-corrected chi connectivity index (χ3v) is 3.64. The van der Waals surface area contributed by atoms with Gasteiger partial charge in [-0.2, -0.15) is 0 Å². The van der Waals surface area contributed by atoms with E-state index in [0.29, 0.717) is 23.7 Å². The topological polar surface area (TPSA) is 40.5 Å². The van der Waals surface area contributed by atoms with Crippen molar-refractivity contribution in [3.8, 4) is 0 Å². The molecule has 1 saturated heterocycles. The molecule has 0 aliphatic carbocycles. The maximum absolute atomic E-state index is 12.3. The Bertz CT molecular complexity index is 499. The lowest BCUT2D eigenvalue weighted by atomic mass is 10.1. The van der Waals surface area contributed by atoms with E-state index in [1.165, 1.54) is 0 Å². The smallest absolute Gasteiger partial charge is 0.249 e. The van der Waals surface area contributed by atoms with Crippen molar-refractivity contribution in [2.45, 2.75) is 25.9 Å². The molecule has 1 unspecified atom stereocenters. The van der Waals surface area contributed by atoms with Crippen LogP contribution in [-0.4, -0.2) is 35.1 Å². The highest BCUT2D eigenvalue weighted by Crippen LogP contribution is 2.20. The van der Waals surface area contributed by atoms with Crippen LogP contribution < -0.4 is 0 Å². The fraction of sp³-hybridized carbons (Fsp3) is 0.400. The van der Waals surface area contributed by atoms with E-state index in [1.54, 1.807) is 24.0 Å². The number of piperidine rings is 1. The fourth-order valence-electron chi connectivity index (χ4n) is 2.28. The predicted octanol–water partition coefficient (Wildman–Crippen LogP) is 2.73. The number of halogens is 1. The van der Waals surface area contributed by atoms with E-state index in [1.807, 2.05) is 18.2 Å². The average molecular weight is 280 g/mol. The summed E-state index contributed by atoms with van der Waals surface area (Å²) in [5.41, 5.74) is 1.48. The summed E-state index contributed by atoms with van der Waals surface area (Å²) in [5.74, 6) is -0.0290. The van der Waals surface area contributed by atoms with Gasteiger partial charge in [0.05, 0.1) is 6.10 Å². The second-order valence-electron chi connectivity index (χ2n) is 4.90. The lowest BCUT2D eigenvalue weighted by Gasteiger charge is -2.30. The Balaban J connectivity index is 2.12. The number of hydrogen-bond acceptors (Lipinski definition) is 2. The maximum atomic E-state index is 12.3. The predicted molar refractivity (Wildman–Crippen MR) is 76.9 cm³/mol. The monoisotopic (exact) mass is 279 g/mol. The van der Waals surface area contributed by atoms with Crippen LogP contribution in [0.2, 0.25) is 5.02 Å². The second-order valence-corrected chi connectivity index (χ2v) is 5.30. The zero-order valence-electron chi connectivity index (χ0n) is 11.0. The zero-order chi connectivity index (χ0) is 13.8. The van der Waals surface area contributed by atoms with Crippen molar-refractivity contribution in [2.24, 2.45) is 0 Å². The van der Waals surface area contributed by atoms with E-state index in [4.69, 9.17) is 11.6 Å². The van der Waals surface area contributed by atoms with E-state index in [2.05, 4.69) is 0 Å². The quantitative estimate of drug-likeness (QED) is 0.846. The molecule has 0 saturated carbocycles. The van der Waals surface area contributed by atoms with E-state index in [-0.39, 0.29) is 5.91 Å². The van der Waals surface area contributed by atoms with Crippen molar-refractivity contribution < 1.29 is 9.90 Å². The van der Waals surface area contributed by atoms with E-state index in [0.717, 1.165) is 18.4 Å². The van der Waals surface area contributed by atoms with Crippen LogP contribution >= 0.6 is 11.6 Å². The van der Waals surface area contributed by atoms with Gasteiger partial charge in [0.15, 0.2) is 0 Å². The van der Waals surface area contributed by atoms with Gasteiger partial charge in [0.1, 0.15) is 0 Å². The molecule has 1 fully saturated rings. The standard InChI is InChI=1S/C15H18ClNO2/c1-11(9-12-5-2-3-7-14(12)16)15(19)17-8-4-6-13(18)10-17/h2-3,5,7,9,13,18H,4,6,8,10H2,1H3/b11-9-. The van der Waals surface area contributed by atoms with E-state index >= 15 is 0 Å². The molecule has 1 aliphatic heterocycles. The number of benzene rings is 1. The largest absolute Gasteiger partial charge is 0.391 e. The lowest BCUT2D eigenvalue weighted by Crippen LogP contribution is -2.42. The third kappa shape index (κ3) is 3.58. The van der Waals surface area contributed by atoms with Gasteiger partial charge in [-0.05, 0) is 37.5 Å². The van der Waals surface area contributed by atoms with Crippen LogP contribution in [0.3, 0.4) is 0 Å². The first-order valence-corrected chi connectivity index (χ1v) is 6.86. The molecule has 19 heavy (non-hydrogen) atoms. The molecule has 1 atom stereocenters. The molecule has 1 heterocycles. The lowest BCUT2D eigenvalue weighted by molar-refractivity contribution is -0.129. The molecule has 0 bridgehead atoms. The van der Waals surface area contributed by atoms with Crippen LogP contribution in [0, 0.1) is 0 Å². The number of nitrogens with zero attached hydrogens (tertiary/aromatic N) is 1. The van der Waals surface area contributed by atoms with Crippen LogP contribution in [0.1, 0.15) is 25.3 Å². The van der Waals surface area contributed by atoms with Gasteiger partial charge in [-0.1, -0.05) is 29.8 Å². The number of rotatable bonds is 2. The number of likely N-dealkylation sites (tertiary alicyclic amines) is 1. The Morgan fingerprint density at radius 1 is 1.47 bits per heavy atom.